The Hall–Kier alpha value is -2.82. The topological polar surface area (TPSA) is 58.6 Å². The smallest absolute Gasteiger partial charge is 0.261 e. The highest BCUT2D eigenvalue weighted by Crippen LogP contribution is 2.18. The molecule has 0 saturated carbocycles. The molecule has 2 aromatic rings. The number of nitrogens with one attached hydrogen (secondary N) is 1. The molecular weight excluding hydrogens is 376 g/mol. The Morgan fingerprint density at radius 1 is 1.00 bits per heavy atom. The summed E-state index contributed by atoms with van der Waals surface area (Å²) in [6.07, 6.45) is 1.39. The van der Waals surface area contributed by atoms with Crippen LogP contribution < -0.4 is 10.1 Å². The first-order valence-electron chi connectivity index (χ1n) is 10.7. The Morgan fingerprint density at radius 2 is 1.73 bits per heavy atom. The van der Waals surface area contributed by atoms with Crippen LogP contribution in [-0.4, -0.2) is 35.9 Å². The molecule has 0 heterocycles. The van der Waals surface area contributed by atoms with Gasteiger partial charge in [-0.2, -0.15) is 0 Å². The summed E-state index contributed by atoms with van der Waals surface area (Å²) in [6, 6.07) is 13.2. The molecule has 1 atom stereocenters. The summed E-state index contributed by atoms with van der Waals surface area (Å²) in [5.41, 5.74) is 4.41. The number of carbonyl (C=O) groups excluding carboxylic acids is 2. The monoisotopic (exact) mass is 410 g/mol. The number of nitrogens with zero attached hydrogens (tertiary/aromatic N) is 1. The van der Waals surface area contributed by atoms with E-state index in [0.717, 1.165) is 23.1 Å². The minimum Gasteiger partial charge on any atom is -0.484 e. The van der Waals surface area contributed by atoms with Crippen LogP contribution in [0.25, 0.3) is 0 Å². The number of benzene rings is 2. The van der Waals surface area contributed by atoms with Crippen LogP contribution >= 0.6 is 0 Å². The number of amides is 2. The van der Waals surface area contributed by atoms with Crippen molar-refractivity contribution in [2.24, 2.45) is 0 Å². The SMILES string of the molecule is CCCNC(=O)[C@@H](CC)N(Cc1ccccc1C)C(=O)COc1ccc(C)c(C)c1. The fourth-order valence-corrected chi connectivity index (χ4v) is 3.29. The van der Waals surface area contributed by atoms with Gasteiger partial charge in [-0.25, -0.2) is 0 Å². The molecule has 5 nitrogen and oxygen atoms in total. The van der Waals surface area contributed by atoms with Gasteiger partial charge in [0.15, 0.2) is 6.61 Å². The summed E-state index contributed by atoms with van der Waals surface area (Å²) >= 11 is 0. The number of hydrogen-bond donors (Lipinski definition) is 1. The molecular formula is C25H34N2O3. The van der Waals surface area contributed by atoms with Crippen molar-refractivity contribution in [1.82, 2.24) is 10.2 Å². The van der Waals surface area contributed by atoms with Crippen molar-refractivity contribution in [3.8, 4) is 5.75 Å². The van der Waals surface area contributed by atoms with Crippen molar-refractivity contribution in [1.29, 1.82) is 0 Å². The molecule has 0 bridgehead atoms. The van der Waals surface area contributed by atoms with E-state index in [2.05, 4.69) is 5.32 Å². The van der Waals surface area contributed by atoms with E-state index in [-0.39, 0.29) is 18.4 Å². The summed E-state index contributed by atoms with van der Waals surface area (Å²) in [7, 11) is 0. The predicted molar refractivity (Wildman–Crippen MR) is 121 cm³/mol. The quantitative estimate of drug-likeness (QED) is 0.634. The molecule has 0 spiro atoms. The molecule has 1 N–H and O–H groups in total. The van der Waals surface area contributed by atoms with Crippen molar-refractivity contribution in [2.45, 2.75) is 60.0 Å². The molecule has 0 unspecified atom stereocenters. The van der Waals surface area contributed by atoms with Crippen LogP contribution in [0, 0.1) is 20.8 Å². The third-order valence-electron chi connectivity index (χ3n) is 5.38. The van der Waals surface area contributed by atoms with Crippen molar-refractivity contribution in [3.63, 3.8) is 0 Å². The molecule has 5 heteroatoms. The maximum atomic E-state index is 13.2. The van der Waals surface area contributed by atoms with E-state index in [1.54, 1.807) is 4.90 Å². The second-order valence-electron chi connectivity index (χ2n) is 7.70. The Bertz CT molecular complexity index is 863. The molecule has 162 valence electrons. The van der Waals surface area contributed by atoms with E-state index in [1.807, 2.05) is 77.1 Å². The van der Waals surface area contributed by atoms with E-state index < -0.39 is 6.04 Å². The predicted octanol–water partition coefficient (Wildman–Crippen LogP) is 4.32. The third-order valence-corrected chi connectivity index (χ3v) is 5.38. The lowest BCUT2D eigenvalue weighted by Crippen LogP contribution is -2.50. The minimum atomic E-state index is -0.535. The molecule has 0 aliphatic carbocycles. The van der Waals surface area contributed by atoms with Crippen LogP contribution in [0.5, 0.6) is 5.75 Å². The van der Waals surface area contributed by atoms with Crippen LogP contribution in [-0.2, 0) is 16.1 Å². The Balaban J connectivity index is 2.21. The van der Waals surface area contributed by atoms with Gasteiger partial charge >= 0.3 is 0 Å². The molecule has 30 heavy (non-hydrogen) atoms. The summed E-state index contributed by atoms with van der Waals surface area (Å²) in [4.78, 5) is 27.6. The van der Waals surface area contributed by atoms with E-state index in [1.165, 1.54) is 5.56 Å². The van der Waals surface area contributed by atoms with E-state index >= 15 is 0 Å². The van der Waals surface area contributed by atoms with Crippen LogP contribution in [0.2, 0.25) is 0 Å². The lowest BCUT2D eigenvalue weighted by atomic mass is 10.1. The Labute approximate surface area is 180 Å². The van der Waals surface area contributed by atoms with Crippen LogP contribution in [0.4, 0.5) is 0 Å². The van der Waals surface area contributed by atoms with E-state index in [0.29, 0.717) is 25.3 Å². The number of rotatable bonds is 10. The number of hydrogen-bond acceptors (Lipinski definition) is 3. The molecule has 0 aliphatic heterocycles. The average molecular weight is 411 g/mol. The highest BCUT2D eigenvalue weighted by atomic mass is 16.5. The summed E-state index contributed by atoms with van der Waals surface area (Å²) in [5, 5.41) is 2.93. The van der Waals surface area contributed by atoms with Crippen LogP contribution in [0.15, 0.2) is 42.5 Å². The number of carbonyl (C=O) groups is 2. The fraction of sp³-hybridized carbons (Fsp3) is 0.440. The number of ether oxygens (including phenoxy) is 1. The van der Waals surface area contributed by atoms with Gasteiger partial charge in [0.05, 0.1) is 0 Å². The molecule has 0 fully saturated rings. The highest BCUT2D eigenvalue weighted by molar-refractivity contribution is 5.88. The maximum absolute atomic E-state index is 13.2. The summed E-state index contributed by atoms with van der Waals surface area (Å²) < 4.78 is 5.79. The van der Waals surface area contributed by atoms with Crippen LogP contribution in [0.3, 0.4) is 0 Å². The van der Waals surface area contributed by atoms with Crippen molar-refractivity contribution in [2.75, 3.05) is 13.2 Å². The van der Waals surface area contributed by atoms with Gasteiger partial charge in [-0.3, -0.25) is 9.59 Å². The standard InChI is InChI=1S/C25H34N2O3/c1-6-14-26-25(29)23(7-2)27(16-21-11-9-8-10-19(21)4)24(28)17-30-22-13-12-18(3)20(5)15-22/h8-13,15,23H,6-7,14,16-17H2,1-5H3,(H,26,29)/t23-/m1/s1. The molecule has 0 aromatic heterocycles. The Morgan fingerprint density at radius 3 is 2.37 bits per heavy atom. The molecule has 0 aliphatic rings. The summed E-state index contributed by atoms with van der Waals surface area (Å²) in [5.74, 6) is 0.341. The number of aryl methyl sites for hydroxylation is 3. The second kappa shape index (κ2) is 11.4. The largest absolute Gasteiger partial charge is 0.484 e. The van der Waals surface area contributed by atoms with Crippen LogP contribution in [0.1, 0.15) is 48.9 Å². The van der Waals surface area contributed by atoms with E-state index in [4.69, 9.17) is 4.74 Å². The first-order valence-corrected chi connectivity index (χ1v) is 10.7. The lowest BCUT2D eigenvalue weighted by molar-refractivity contribution is -0.143. The summed E-state index contributed by atoms with van der Waals surface area (Å²) in [6.45, 7) is 10.9. The second-order valence-corrected chi connectivity index (χ2v) is 7.70. The zero-order chi connectivity index (χ0) is 22.1. The fourth-order valence-electron chi connectivity index (χ4n) is 3.29. The molecule has 0 saturated heterocycles. The first kappa shape index (κ1) is 23.5. The molecule has 2 rings (SSSR count). The zero-order valence-electron chi connectivity index (χ0n) is 18.8. The van der Waals surface area contributed by atoms with Gasteiger partial charge < -0.3 is 15.0 Å². The van der Waals surface area contributed by atoms with Crippen molar-refractivity contribution in [3.05, 3.63) is 64.7 Å². The third kappa shape index (κ3) is 6.34. The van der Waals surface area contributed by atoms with Gasteiger partial charge in [0, 0.05) is 13.1 Å². The van der Waals surface area contributed by atoms with Gasteiger partial charge in [0.1, 0.15) is 11.8 Å². The first-order chi connectivity index (χ1) is 14.4. The van der Waals surface area contributed by atoms with Gasteiger partial charge in [-0.05, 0) is 68.0 Å². The zero-order valence-corrected chi connectivity index (χ0v) is 18.8. The van der Waals surface area contributed by atoms with Crippen molar-refractivity contribution >= 4 is 11.8 Å². The lowest BCUT2D eigenvalue weighted by Gasteiger charge is -2.31. The van der Waals surface area contributed by atoms with Gasteiger partial charge in [-0.1, -0.05) is 44.2 Å². The van der Waals surface area contributed by atoms with E-state index in [9.17, 15) is 9.59 Å². The normalized spacial score (nSPS) is 11.6. The molecule has 2 aromatic carbocycles. The Kier molecular flexibility index (Phi) is 8.90. The van der Waals surface area contributed by atoms with Gasteiger partial charge in [0.25, 0.3) is 5.91 Å². The van der Waals surface area contributed by atoms with Gasteiger partial charge in [-0.15, -0.1) is 0 Å². The highest BCUT2D eigenvalue weighted by Gasteiger charge is 2.29. The average Bonchev–Trinajstić information content (AvgIpc) is 2.74. The molecule has 0 radical (unpaired) electrons. The van der Waals surface area contributed by atoms with Gasteiger partial charge in [0.2, 0.25) is 5.91 Å². The maximum Gasteiger partial charge on any atom is 0.261 e. The van der Waals surface area contributed by atoms with Crippen molar-refractivity contribution < 1.29 is 14.3 Å². The molecule has 2 amide bonds. The minimum absolute atomic E-state index is 0.105.